The molecule has 0 aliphatic heterocycles. The van der Waals surface area contributed by atoms with Gasteiger partial charge in [-0.1, -0.05) is 61.4 Å². The predicted octanol–water partition coefficient (Wildman–Crippen LogP) is 3.15. The van der Waals surface area contributed by atoms with Crippen molar-refractivity contribution in [2.45, 2.75) is 43.6 Å². The normalized spacial score (nSPS) is 17.0. The Morgan fingerprint density at radius 2 is 1.64 bits per heavy atom. The summed E-state index contributed by atoms with van der Waals surface area (Å²) in [5, 5.41) is 15.2. The molecule has 2 aliphatic rings. The summed E-state index contributed by atoms with van der Waals surface area (Å²) in [6.45, 7) is -0.295. The van der Waals surface area contributed by atoms with Crippen LogP contribution in [0.1, 0.15) is 49.1 Å². The van der Waals surface area contributed by atoms with E-state index >= 15 is 0 Å². The van der Waals surface area contributed by atoms with Crippen LogP contribution in [-0.4, -0.2) is 48.7 Å². The van der Waals surface area contributed by atoms with E-state index in [0.717, 1.165) is 47.9 Å². The lowest BCUT2D eigenvalue weighted by molar-refractivity contribution is -0.125. The summed E-state index contributed by atoms with van der Waals surface area (Å²) >= 11 is 0. The third kappa shape index (κ3) is 4.93. The number of amides is 2. The zero-order valence-corrected chi connectivity index (χ0v) is 18.6. The fourth-order valence-corrected chi connectivity index (χ4v) is 4.89. The molecule has 0 unspecified atom stereocenters. The highest BCUT2D eigenvalue weighted by Gasteiger charge is 2.34. The second kappa shape index (κ2) is 10.2. The van der Waals surface area contributed by atoms with Crippen molar-refractivity contribution in [1.82, 2.24) is 10.6 Å². The molecule has 174 valence electrons. The van der Waals surface area contributed by atoms with Gasteiger partial charge in [0.15, 0.2) is 0 Å². The summed E-state index contributed by atoms with van der Waals surface area (Å²) in [5.41, 5.74) is 2.91. The average molecular weight is 451 g/mol. The number of hydrogen-bond donors (Lipinski definition) is 3. The van der Waals surface area contributed by atoms with Gasteiger partial charge in [-0.15, -0.1) is 0 Å². The largest absolute Gasteiger partial charge is 0.449 e. The van der Waals surface area contributed by atoms with Crippen molar-refractivity contribution in [3.05, 3.63) is 59.7 Å². The highest BCUT2D eigenvalue weighted by Crippen LogP contribution is 2.44. The van der Waals surface area contributed by atoms with Gasteiger partial charge in [0.2, 0.25) is 5.91 Å². The summed E-state index contributed by atoms with van der Waals surface area (Å²) < 4.78 is 5.50. The van der Waals surface area contributed by atoms with E-state index in [2.05, 4.69) is 22.8 Å². The fraction of sp³-hybridized carbons (Fsp3) is 0.423. The molecule has 4 rings (SSSR count). The first kappa shape index (κ1) is 23.0. The van der Waals surface area contributed by atoms with Crippen molar-refractivity contribution in [3.8, 4) is 11.1 Å². The molecule has 2 aromatic rings. The molecule has 33 heavy (non-hydrogen) atoms. The van der Waals surface area contributed by atoms with Crippen LogP contribution in [0.15, 0.2) is 48.5 Å². The minimum Gasteiger partial charge on any atom is -0.449 e. The number of aliphatic hydroxyl groups is 1. The summed E-state index contributed by atoms with van der Waals surface area (Å²) in [4.78, 5) is 36.5. The first-order chi connectivity index (χ1) is 16.1. The molecular weight excluding hydrogens is 420 g/mol. The predicted molar refractivity (Wildman–Crippen MR) is 124 cm³/mol. The van der Waals surface area contributed by atoms with Crippen LogP contribution in [-0.2, 0) is 14.3 Å². The standard InChI is InChI=1S/C26H30N2O5/c29-16-26(17-30,13-14-27-24(31)18-7-1-2-8-18)28-25(32)33-15-23-21-11-5-3-9-19(21)20-10-4-6-12-22(20)23/h3-6,9-12,16,18,23,30H,1-2,7-8,13-15,17H2,(H,27,31)(H,28,32)/t26-/m0/s1. The number of ether oxygens (including phenoxy) is 1. The summed E-state index contributed by atoms with van der Waals surface area (Å²) in [6.07, 6.45) is 3.67. The lowest BCUT2D eigenvalue weighted by atomic mass is 9.97. The molecule has 0 heterocycles. The molecular formula is C26H30N2O5. The quantitative estimate of drug-likeness (QED) is 0.509. The van der Waals surface area contributed by atoms with Gasteiger partial charge < -0.3 is 25.3 Å². The van der Waals surface area contributed by atoms with Gasteiger partial charge in [-0.25, -0.2) is 4.79 Å². The van der Waals surface area contributed by atoms with Crippen LogP contribution in [0, 0.1) is 5.92 Å². The van der Waals surface area contributed by atoms with Gasteiger partial charge in [0.1, 0.15) is 18.4 Å². The molecule has 7 nitrogen and oxygen atoms in total. The highest BCUT2D eigenvalue weighted by atomic mass is 16.5. The smallest absolute Gasteiger partial charge is 0.408 e. The Bertz CT molecular complexity index is 972. The van der Waals surface area contributed by atoms with E-state index in [0.29, 0.717) is 6.29 Å². The number of benzene rings is 2. The molecule has 2 aromatic carbocycles. The fourth-order valence-electron chi connectivity index (χ4n) is 4.89. The van der Waals surface area contributed by atoms with Crippen molar-refractivity contribution in [3.63, 3.8) is 0 Å². The zero-order chi connectivity index (χ0) is 23.3. The Kier molecular flexibility index (Phi) is 7.08. The maximum atomic E-state index is 12.6. The topological polar surface area (TPSA) is 105 Å². The van der Waals surface area contributed by atoms with Gasteiger partial charge in [0, 0.05) is 18.4 Å². The summed E-state index contributed by atoms with van der Waals surface area (Å²) in [7, 11) is 0. The minimum atomic E-state index is -1.51. The third-order valence-electron chi connectivity index (χ3n) is 6.80. The summed E-state index contributed by atoms with van der Waals surface area (Å²) in [6, 6.07) is 16.0. The van der Waals surface area contributed by atoms with E-state index in [1.807, 2.05) is 36.4 Å². The van der Waals surface area contributed by atoms with E-state index in [9.17, 15) is 19.5 Å². The van der Waals surface area contributed by atoms with Gasteiger partial charge in [-0.05, 0) is 41.5 Å². The van der Waals surface area contributed by atoms with Gasteiger partial charge in [-0.3, -0.25) is 4.79 Å². The van der Waals surface area contributed by atoms with Crippen LogP contribution in [0.4, 0.5) is 4.79 Å². The van der Waals surface area contributed by atoms with Gasteiger partial charge in [0.05, 0.1) is 6.61 Å². The van der Waals surface area contributed by atoms with Crippen molar-refractivity contribution in [2.75, 3.05) is 19.8 Å². The van der Waals surface area contributed by atoms with E-state index in [4.69, 9.17) is 4.74 Å². The molecule has 0 radical (unpaired) electrons. The molecule has 3 N–H and O–H groups in total. The monoisotopic (exact) mass is 450 g/mol. The second-order valence-electron chi connectivity index (χ2n) is 8.91. The Morgan fingerprint density at radius 3 is 2.21 bits per heavy atom. The number of rotatable bonds is 9. The minimum absolute atomic E-state index is 0.0137. The third-order valence-corrected chi connectivity index (χ3v) is 6.80. The maximum absolute atomic E-state index is 12.6. The van der Waals surface area contributed by atoms with Crippen LogP contribution in [0.3, 0.4) is 0 Å². The van der Waals surface area contributed by atoms with E-state index < -0.39 is 18.2 Å². The number of carbonyl (C=O) groups excluding carboxylic acids is 3. The van der Waals surface area contributed by atoms with Crippen LogP contribution in [0.2, 0.25) is 0 Å². The molecule has 2 amide bonds. The molecule has 1 fully saturated rings. The highest BCUT2D eigenvalue weighted by molar-refractivity contribution is 5.80. The molecule has 0 aromatic heterocycles. The second-order valence-corrected chi connectivity index (χ2v) is 8.91. The van der Waals surface area contributed by atoms with Gasteiger partial charge in [-0.2, -0.15) is 0 Å². The van der Waals surface area contributed by atoms with Crippen LogP contribution < -0.4 is 10.6 Å². The van der Waals surface area contributed by atoms with E-state index in [-0.39, 0.29) is 37.3 Å². The number of carbonyl (C=O) groups is 3. The lowest BCUT2D eigenvalue weighted by Gasteiger charge is -2.27. The Morgan fingerprint density at radius 1 is 1.03 bits per heavy atom. The molecule has 1 atom stereocenters. The number of nitrogens with one attached hydrogen (secondary N) is 2. The number of aldehydes is 1. The average Bonchev–Trinajstić information content (AvgIpc) is 3.49. The number of hydrogen-bond acceptors (Lipinski definition) is 5. The Balaban J connectivity index is 1.34. The Hall–Kier alpha value is -3.19. The van der Waals surface area contributed by atoms with Crippen molar-refractivity contribution in [2.24, 2.45) is 5.92 Å². The van der Waals surface area contributed by atoms with E-state index in [1.165, 1.54) is 0 Å². The van der Waals surface area contributed by atoms with Crippen molar-refractivity contribution >= 4 is 18.3 Å². The van der Waals surface area contributed by atoms with E-state index in [1.54, 1.807) is 0 Å². The molecule has 0 bridgehead atoms. The molecule has 7 heteroatoms. The number of aliphatic hydroxyl groups excluding tert-OH is 1. The summed E-state index contributed by atoms with van der Waals surface area (Å²) in [5.74, 6) is -0.125. The Labute approximate surface area is 193 Å². The molecule has 2 aliphatic carbocycles. The lowest BCUT2D eigenvalue weighted by Crippen LogP contribution is -2.54. The maximum Gasteiger partial charge on any atom is 0.408 e. The SMILES string of the molecule is O=C[C@](CO)(CCNC(=O)C1CCCC1)NC(=O)OCC1c2ccccc2-c2ccccc21. The molecule has 1 saturated carbocycles. The zero-order valence-electron chi connectivity index (χ0n) is 18.6. The number of fused-ring (bicyclic) bond motifs is 3. The molecule has 0 spiro atoms. The first-order valence-electron chi connectivity index (χ1n) is 11.5. The van der Waals surface area contributed by atoms with Crippen LogP contribution in [0.5, 0.6) is 0 Å². The van der Waals surface area contributed by atoms with Gasteiger partial charge >= 0.3 is 6.09 Å². The molecule has 0 saturated heterocycles. The van der Waals surface area contributed by atoms with Crippen molar-refractivity contribution < 1.29 is 24.2 Å². The van der Waals surface area contributed by atoms with Crippen LogP contribution in [0.25, 0.3) is 11.1 Å². The van der Waals surface area contributed by atoms with Crippen LogP contribution >= 0.6 is 0 Å². The van der Waals surface area contributed by atoms with Crippen molar-refractivity contribution in [1.29, 1.82) is 0 Å². The first-order valence-corrected chi connectivity index (χ1v) is 11.5. The van der Waals surface area contributed by atoms with Gasteiger partial charge in [0.25, 0.3) is 0 Å². The number of alkyl carbamates (subject to hydrolysis) is 1.